The van der Waals surface area contributed by atoms with Gasteiger partial charge in [0.2, 0.25) is 0 Å². The van der Waals surface area contributed by atoms with Gasteiger partial charge in [0.1, 0.15) is 17.4 Å². The average molecular weight is 523 g/mol. The zero-order chi connectivity index (χ0) is 26.5. The number of fused-ring (bicyclic) bond motifs is 2. The SMILES string of the molecule is CN1CCN(c2ccc3nc(-c4cc(O)cc(-c5nc6ccc(N7CCN(C)CC7)cc6[nH]5)c4)[nH]c3c2)CC1. The molecule has 0 atom stereocenters. The second-order valence-electron chi connectivity index (χ2n) is 10.9. The number of benzene rings is 3. The predicted molar refractivity (Wildman–Crippen MR) is 158 cm³/mol. The van der Waals surface area contributed by atoms with Crippen LogP contribution in [-0.4, -0.2) is 101 Å². The molecule has 9 heteroatoms. The van der Waals surface area contributed by atoms with E-state index in [1.54, 1.807) is 12.1 Å². The van der Waals surface area contributed by atoms with E-state index < -0.39 is 0 Å². The number of anilines is 2. The number of H-pyrrole nitrogens is 2. The number of piperazine rings is 2. The summed E-state index contributed by atoms with van der Waals surface area (Å²) >= 11 is 0. The van der Waals surface area contributed by atoms with E-state index in [-0.39, 0.29) is 5.75 Å². The first-order valence-electron chi connectivity index (χ1n) is 13.7. The summed E-state index contributed by atoms with van der Waals surface area (Å²) < 4.78 is 0. The Hall–Kier alpha value is -4.08. The Balaban J connectivity index is 1.18. The number of likely N-dealkylation sites (N-methyl/N-ethyl adjacent to an activating group) is 2. The molecule has 2 aliphatic rings. The van der Waals surface area contributed by atoms with Crippen LogP contribution in [0.3, 0.4) is 0 Å². The number of aromatic hydroxyl groups is 1. The summed E-state index contributed by atoms with van der Waals surface area (Å²) in [6.07, 6.45) is 0. The van der Waals surface area contributed by atoms with Gasteiger partial charge in [-0.15, -0.1) is 0 Å². The number of rotatable bonds is 4. The number of hydrogen-bond acceptors (Lipinski definition) is 7. The summed E-state index contributed by atoms with van der Waals surface area (Å²) in [5, 5.41) is 10.6. The third-order valence-corrected chi connectivity index (χ3v) is 8.13. The van der Waals surface area contributed by atoms with E-state index >= 15 is 0 Å². The van der Waals surface area contributed by atoms with Crippen LogP contribution in [-0.2, 0) is 0 Å². The number of phenolic OH excluding ortho intramolecular Hbond substituents is 1. The van der Waals surface area contributed by atoms with Crippen molar-refractivity contribution < 1.29 is 5.11 Å². The van der Waals surface area contributed by atoms with Crippen molar-refractivity contribution in [2.24, 2.45) is 0 Å². The van der Waals surface area contributed by atoms with E-state index in [2.05, 4.69) is 80.1 Å². The van der Waals surface area contributed by atoms with E-state index in [1.807, 2.05) is 6.07 Å². The lowest BCUT2D eigenvalue weighted by atomic mass is 10.1. The fourth-order valence-corrected chi connectivity index (χ4v) is 5.68. The standard InChI is InChI=1S/C30H34N8O/c1-35-7-11-37(12-8-35)22-3-5-25-27(18-22)33-29(31-25)20-15-21(17-24(39)16-20)30-32-26-6-4-23(19-28(26)34-30)38-13-9-36(2)10-14-38/h3-6,15-19,39H,7-14H2,1-2H3,(H,31,33)(H,32,34). The molecule has 3 aromatic carbocycles. The minimum Gasteiger partial charge on any atom is -0.508 e. The third-order valence-electron chi connectivity index (χ3n) is 8.13. The molecular formula is C30H34N8O. The van der Waals surface area contributed by atoms with Gasteiger partial charge in [0.15, 0.2) is 0 Å². The average Bonchev–Trinajstić information content (AvgIpc) is 3.57. The fraction of sp³-hybridized carbons (Fsp3) is 0.333. The van der Waals surface area contributed by atoms with Gasteiger partial charge in [-0.3, -0.25) is 0 Å². The summed E-state index contributed by atoms with van der Waals surface area (Å²) in [5.74, 6) is 1.64. The summed E-state index contributed by atoms with van der Waals surface area (Å²) in [7, 11) is 4.34. The second kappa shape index (κ2) is 9.59. The number of hydrogen-bond donors (Lipinski definition) is 3. The number of nitrogens with one attached hydrogen (secondary N) is 2. The lowest BCUT2D eigenvalue weighted by molar-refractivity contribution is 0.313. The number of phenols is 1. The molecule has 7 rings (SSSR count). The van der Waals surface area contributed by atoms with Crippen molar-refractivity contribution >= 4 is 33.4 Å². The Morgan fingerprint density at radius 3 is 1.46 bits per heavy atom. The van der Waals surface area contributed by atoms with Crippen LogP contribution in [0.25, 0.3) is 44.8 Å². The Labute approximate surface area is 227 Å². The van der Waals surface area contributed by atoms with Gasteiger partial charge in [-0.2, -0.15) is 0 Å². The molecule has 2 saturated heterocycles. The molecule has 0 saturated carbocycles. The van der Waals surface area contributed by atoms with Crippen molar-refractivity contribution in [1.82, 2.24) is 29.7 Å². The number of aromatic nitrogens is 4. The molecule has 0 spiro atoms. The monoisotopic (exact) mass is 522 g/mol. The number of imidazole rings is 2. The minimum absolute atomic E-state index is 0.180. The predicted octanol–water partition coefficient (Wildman–Crippen LogP) is 3.98. The highest BCUT2D eigenvalue weighted by Gasteiger charge is 2.18. The maximum atomic E-state index is 10.6. The third kappa shape index (κ3) is 4.68. The van der Waals surface area contributed by atoms with E-state index in [1.165, 1.54) is 11.4 Å². The maximum Gasteiger partial charge on any atom is 0.138 e. The number of nitrogens with zero attached hydrogens (tertiary/aromatic N) is 6. The summed E-state index contributed by atoms with van der Waals surface area (Å²) in [5.41, 5.74) is 7.86. The van der Waals surface area contributed by atoms with Gasteiger partial charge in [-0.25, -0.2) is 9.97 Å². The first-order valence-corrected chi connectivity index (χ1v) is 13.7. The van der Waals surface area contributed by atoms with Gasteiger partial charge >= 0.3 is 0 Å². The summed E-state index contributed by atoms with van der Waals surface area (Å²) in [6.45, 7) is 8.35. The van der Waals surface area contributed by atoms with Gasteiger partial charge in [0, 0.05) is 74.9 Å². The van der Waals surface area contributed by atoms with Crippen LogP contribution < -0.4 is 9.80 Å². The second-order valence-corrected chi connectivity index (χ2v) is 10.9. The summed E-state index contributed by atoms with van der Waals surface area (Å²) in [4.78, 5) is 26.2. The molecule has 2 fully saturated rings. The number of aromatic amines is 2. The minimum atomic E-state index is 0.180. The highest BCUT2D eigenvalue weighted by Crippen LogP contribution is 2.32. The fourth-order valence-electron chi connectivity index (χ4n) is 5.68. The molecule has 0 unspecified atom stereocenters. The molecule has 3 N–H and O–H groups in total. The van der Waals surface area contributed by atoms with Crippen molar-refractivity contribution in [3.05, 3.63) is 54.6 Å². The van der Waals surface area contributed by atoms with Crippen LogP contribution in [0.1, 0.15) is 0 Å². The highest BCUT2D eigenvalue weighted by atomic mass is 16.3. The lowest BCUT2D eigenvalue weighted by Crippen LogP contribution is -2.44. The van der Waals surface area contributed by atoms with E-state index in [0.29, 0.717) is 0 Å². The van der Waals surface area contributed by atoms with Crippen molar-refractivity contribution in [2.45, 2.75) is 0 Å². The van der Waals surface area contributed by atoms with Crippen molar-refractivity contribution in [3.8, 4) is 28.5 Å². The quantitative estimate of drug-likeness (QED) is 0.329. The van der Waals surface area contributed by atoms with Gasteiger partial charge in [0.05, 0.1) is 22.1 Å². The zero-order valence-electron chi connectivity index (χ0n) is 22.5. The van der Waals surface area contributed by atoms with Crippen LogP contribution in [0.2, 0.25) is 0 Å². The van der Waals surface area contributed by atoms with Crippen molar-refractivity contribution in [2.75, 3.05) is 76.3 Å². The first-order chi connectivity index (χ1) is 19.0. The van der Waals surface area contributed by atoms with Crippen LogP contribution in [0, 0.1) is 0 Å². The molecule has 39 heavy (non-hydrogen) atoms. The molecule has 5 aromatic rings. The first kappa shape index (κ1) is 24.0. The molecule has 200 valence electrons. The maximum absolute atomic E-state index is 10.6. The largest absolute Gasteiger partial charge is 0.508 e. The lowest BCUT2D eigenvalue weighted by Gasteiger charge is -2.34. The Bertz CT molecular complexity index is 1520. The molecule has 0 bridgehead atoms. The van der Waals surface area contributed by atoms with Crippen LogP contribution in [0.4, 0.5) is 11.4 Å². The molecule has 9 nitrogen and oxygen atoms in total. The molecule has 0 aliphatic carbocycles. The Morgan fingerprint density at radius 1 is 0.590 bits per heavy atom. The molecular weight excluding hydrogens is 488 g/mol. The molecule has 2 aliphatic heterocycles. The van der Waals surface area contributed by atoms with Crippen molar-refractivity contribution in [3.63, 3.8) is 0 Å². The molecule has 4 heterocycles. The smallest absolute Gasteiger partial charge is 0.138 e. The van der Waals surface area contributed by atoms with Gasteiger partial charge in [0.25, 0.3) is 0 Å². The van der Waals surface area contributed by atoms with Crippen LogP contribution in [0.15, 0.2) is 54.6 Å². The van der Waals surface area contributed by atoms with Gasteiger partial charge < -0.3 is 34.7 Å². The zero-order valence-corrected chi connectivity index (χ0v) is 22.5. The molecule has 0 amide bonds. The summed E-state index contributed by atoms with van der Waals surface area (Å²) in [6, 6.07) is 18.3. The van der Waals surface area contributed by atoms with E-state index in [0.717, 1.165) is 97.2 Å². The van der Waals surface area contributed by atoms with Gasteiger partial charge in [-0.1, -0.05) is 0 Å². The molecule has 0 radical (unpaired) electrons. The van der Waals surface area contributed by atoms with E-state index in [4.69, 9.17) is 9.97 Å². The Morgan fingerprint density at radius 2 is 1.03 bits per heavy atom. The van der Waals surface area contributed by atoms with Crippen molar-refractivity contribution in [1.29, 1.82) is 0 Å². The highest BCUT2D eigenvalue weighted by molar-refractivity contribution is 5.86. The van der Waals surface area contributed by atoms with E-state index in [9.17, 15) is 5.11 Å². The van der Waals surface area contributed by atoms with Crippen LogP contribution in [0.5, 0.6) is 5.75 Å². The van der Waals surface area contributed by atoms with Gasteiger partial charge in [-0.05, 0) is 68.7 Å². The molecule has 2 aromatic heterocycles. The van der Waals surface area contributed by atoms with Crippen LogP contribution >= 0.6 is 0 Å². The Kier molecular flexibility index (Phi) is 5.90. The normalized spacial score (nSPS) is 17.5. The topological polar surface area (TPSA) is 90.6 Å².